The third-order valence-corrected chi connectivity index (χ3v) is 5.28. The molecule has 1 aromatic carbocycles. The van der Waals surface area contributed by atoms with Gasteiger partial charge in [0, 0.05) is 12.0 Å². The molecule has 2 unspecified atom stereocenters. The van der Waals surface area contributed by atoms with Gasteiger partial charge in [0.25, 0.3) is 0 Å². The number of carbonyl (C=O) groups excluding carboxylic acids is 1. The van der Waals surface area contributed by atoms with Crippen molar-refractivity contribution in [2.45, 2.75) is 59.8 Å². The van der Waals surface area contributed by atoms with Gasteiger partial charge in [-0.2, -0.15) is 0 Å². The first-order valence-corrected chi connectivity index (χ1v) is 9.52. The minimum absolute atomic E-state index is 0.201. The predicted molar refractivity (Wildman–Crippen MR) is 103 cm³/mol. The maximum atomic E-state index is 12.7. The van der Waals surface area contributed by atoms with Gasteiger partial charge in [-0.1, -0.05) is 65.0 Å². The van der Waals surface area contributed by atoms with E-state index >= 15 is 0 Å². The summed E-state index contributed by atoms with van der Waals surface area (Å²) >= 11 is 0. The molecule has 24 heavy (non-hydrogen) atoms. The number of benzene rings is 1. The molecule has 0 heterocycles. The summed E-state index contributed by atoms with van der Waals surface area (Å²) in [6.45, 7) is 14.8. The molecule has 0 bridgehead atoms. The number of carbonyl (C=O) groups is 1. The monoisotopic (exact) mass is 332 g/mol. The molecule has 0 saturated carbocycles. The van der Waals surface area contributed by atoms with Crippen molar-refractivity contribution in [3.05, 3.63) is 35.9 Å². The molecule has 1 amide bonds. The fourth-order valence-electron chi connectivity index (χ4n) is 3.23. The van der Waals surface area contributed by atoms with E-state index < -0.39 is 0 Å². The van der Waals surface area contributed by atoms with E-state index in [1.165, 1.54) is 5.56 Å². The lowest BCUT2D eigenvalue weighted by Crippen LogP contribution is -2.40. The van der Waals surface area contributed by atoms with Crippen molar-refractivity contribution in [1.29, 1.82) is 0 Å². The summed E-state index contributed by atoms with van der Waals surface area (Å²) in [5, 5.41) is 3.17. The van der Waals surface area contributed by atoms with Crippen LogP contribution in [0.5, 0.6) is 0 Å². The number of rotatable bonds is 11. The van der Waals surface area contributed by atoms with Gasteiger partial charge in [-0.25, -0.2) is 0 Å². The SMILES string of the molecule is CCN(CC)CCCNC(=O)C(C)(CC)CC(C)c1ccccc1. The van der Waals surface area contributed by atoms with E-state index in [2.05, 4.69) is 69.1 Å². The van der Waals surface area contributed by atoms with E-state index in [4.69, 9.17) is 0 Å². The van der Waals surface area contributed by atoms with E-state index in [1.54, 1.807) is 0 Å². The highest BCUT2D eigenvalue weighted by Gasteiger charge is 2.32. The van der Waals surface area contributed by atoms with Crippen LogP contribution in [0.1, 0.15) is 65.4 Å². The first-order chi connectivity index (χ1) is 11.5. The number of nitrogens with zero attached hydrogens (tertiary/aromatic N) is 1. The Bertz CT molecular complexity index is 470. The van der Waals surface area contributed by atoms with Gasteiger partial charge in [-0.3, -0.25) is 4.79 Å². The lowest BCUT2D eigenvalue weighted by molar-refractivity contribution is -0.131. The van der Waals surface area contributed by atoms with Crippen molar-refractivity contribution in [1.82, 2.24) is 10.2 Å². The topological polar surface area (TPSA) is 32.3 Å². The van der Waals surface area contributed by atoms with Gasteiger partial charge < -0.3 is 10.2 Å². The average molecular weight is 333 g/mol. The molecule has 136 valence electrons. The summed E-state index contributed by atoms with van der Waals surface area (Å²) in [6.07, 6.45) is 2.77. The third-order valence-electron chi connectivity index (χ3n) is 5.28. The summed E-state index contributed by atoms with van der Waals surface area (Å²) in [5.74, 6) is 0.588. The number of nitrogens with one attached hydrogen (secondary N) is 1. The Morgan fingerprint density at radius 1 is 1.17 bits per heavy atom. The smallest absolute Gasteiger partial charge is 0.225 e. The second-order valence-corrected chi connectivity index (χ2v) is 7.07. The Labute approximate surface area is 148 Å². The first kappa shape index (κ1) is 20.7. The summed E-state index contributed by atoms with van der Waals surface area (Å²) in [6, 6.07) is 10.5. The van der Waals surface area contributed by atoms with Crippen molar-refractivity contribution in [3.63, 3.8) is 0 Å². The minimum atomic E-state index is -0.301. The van der Waals surface area contributed by atoms with Crippen LogP contribution in [0.25, 0.3) is 0 Å². The molecule has 3 heteroatoms. The highest BCUT2D eigenvalue weighted by Crippen LogP contribution is 2.34. The highest BCUT2D eigenvalue weighted by atomic mass is 16.2. The first-order valence-electron chi connectivity index (χ1n) is 9.52. The predicted octanol–water partition coefficient (Wildman–Crippen LogP) is 4.44. The fraction of sp³-hybridized carbons (Fsp3) is 0.667. The zero-order valence-electron chi connectivity index (χ0n) is 16.3. The molecule has 0 aromatic heterocycles. The molecule has 0 radical (unpaired) electrons. The third kappa shape index (κ3) is 6.27. The molecule has 0 aliphatic rings. The summed E-state index contributed by atoms with van der Waals surface area (Å²) in [5.41, 5.74) is 1.01. The summed E-state index contributed by atoms with van der Waals surface area (Å²) in [7, 11) is 0. The number of hydrogen-bond donors (Lipinski definition) is 1. The molecule has 1 aromatic rings. The van der Waals surface area contributed by atoms with E-state index in [0.29, 0.717) is 5.92 Å². The number of hydrogen-bond acceptors (Lipinski definition) is 2. The molecular weight excluding hydrogens is 296 g/mol. The second-order valence-electron chi connectivity index (χ2n) is 7.07. The van der Waals surface area contributed by atoms with E-state index in [9.17, 15) is 4.79 Å². The summed E-state index contributed by atoms with van der Waals surface area (Å²) in [4.78, 5) is 15.1. The molecule has 0 saturated heterocycles. The second kappa shape index (κ2) is 10.5. The maximum Gasteiger partial charge on any atom is 0.225 e. The molecular formula is C21H36N2O. The Kier molecular flexibility index (Phi) is 9.05. The fourth-order valence-corrected chi connectivity index (χ4v) is 3.23. The van der Waals surface area contributed by atoms with Crippen molar-refractivity contribution in [2.24, 2.45) is 5.41 Å². The van der Waals surface area contributed by atoms with Gasteiger partial charge in [0.1, 0.15) is 0 Å². The molecule has 1 N–H and O–H groups in total. The minimum Gasteiger partial charge on any atom is -0.356 e. The van der Waals surface area contributed by atoms with Crippen LogP contribution in [-0.2, 0) is 4.79 Å². The molecule has 0 spiro atoms. The molecule has 0 aliphatic heterocycles. The van der Waals surface area contributed by atoms with Gasteiger partial charge in [-0.05, 0) is 50.4 Å². The quantitative estimate of drug-likeness (QED) is 0.607. The van der Waals surface area contributed by atoms with Crippen LogP contribution in [0.15, 0.2) is 30.3 Å². The Morgan fingerprint density at radius 3 is 2.33 bits per heavy atom. The molecule has 3 nitrogen and oxygen atoms in total. The molecule has 2 atom stereocenters. The largest absolute Gasteiger partial charge is 0.356 e. The van der Waals surface area contributed by atoms with Crippen molar-refractivity contribution in [2.75, 3.05) is 26.2 Å². The number of amides is 1. The van der Waals surface area contributed by atoms with Crippen LogP contribution in [0.3, 0.4) is 0 Å². The van der Waals surface area contributed by atoms with Crippen LogP contribution < -0.4 is 5.32 Å². The zero-order valence-corrected chi connectivity index (χ0v) is 16.3. The maximum absolute atomic E-state index is 12.7. The average Bonchev–Trinajstić information content (AvgIpc) is 2.62. The van der Waals surface area contributed by atoms with Gasteiger partial charge in [0.2, 0.25) is 5.91 Å². The van der Waals surface area contributed by atoms with Crippen LogP contribution in [-0.4, -0.2) is 37.0 Å². The lowest BCUT2D eigenvalue weighted by Gasteiger charge is -2.30. The van der Waals surface area contributed by atoms with Crippen molar-refractivity contribution < 1.29 is 4.79 Å². The highest BCUT2D eigenvalue weighted by molar-refractivity contribution is 5.82. The van der Waals surface area contributed by atoms with Gasteiger partial charge in [0.05, 0.1) is 0 Å². The Morgan fingerprint density at radius 2 is 1.79 bits per heavy atom. The van der Waals surface area contributed by atoms with E-state index in [1.807, 2.05) is 6.07 Å². The molecule has 0 fully saturated rings. The van der Waals surface area contributed by atoms with Crippen LogP contribution in [0.4, 0.5) is 0 Å². The standard InChI is InChI=1S/C21H36N2O/c1-6-21(5,17-18(4)19-13-10-9-11-14-19)20(24)22-15-12-16-23(7-2)8-3/h9-11,13-14,18H,6-8,12,15-17H2,1-5H3,(H,22,24). The van der Waals surface area contributed by atoms with Gasteiger partial charge in [-0.15, -0.1) is 0 Å². The molecule has 0 aliphatic carbocycles. The van der Waals surface area contributed by atoms with Crippen LogP contribution in [0, 0.1) is 5.41 Å². The van der Waals surface area contributed by atoms with Crippen molar-refractivity contribution >= 4 is 5.91 Å². The van der Waals surface area contributed by atoms with E-state index in [-0.39, 0.29) is 11.3 Å². The Hall–Kier alpha value is -1.35. The van der Waals surface area contributed by atoms with Crippen LogP contribution in [0.2, 0.25) is 0 Å². The van der Waals surface area contributed by atoms with E-state index in [0.717, 1.165) is 45.4 Å². The van der Waals surface area contributed by atoms with Gasteiger partial charge >= 0.3 is 0 Å². The van der Waals surface area contributed by atoms with Crippen molar-refractivity contribution in [3.8, 4) is 0 Å². The normalized spacial score (nSPS) is 15.1. The summed E-state index contributed by atoms with van der Waals surface area (Å²) < 4.78 is 0. The lowest BCUT2D eigenvalue weighted by atomic mass is 9.76. The Balaban J connectivity index is 2.51. The molecule has 1 rings (SSSR count). The van der Waals surface area contributed by atoms with Gasteiger partial charge in [0.15, 0.2) is 0 Å². The zero-order chi connectivity index (χ0) is 18.0. The van der Waals surface area contributed by atoms with Crippen LogP contribution >= 0.6 is 0 Å².